The fraction of sp³-hybridized carbons (Fsp3) is 0.370. The Morgan fingerprint density at radius 1 is 1.12 bits per heavy atom. The lowest BCUT2D eigenvalue weighted by Crippen LogP contribution is -2.47. The maximum absolute atomic E-state index is 14.0. The van der Waals surface area contributed by atoms with Crippen molar-refractivity contribution in [3.05, 3.63) is 84.2 Å². The number of carbonyl (C=O) groups is 1. The molecule has 1 N–H and O–H groups in total. The predicted octanol–water partition coefficient (Wildman–Crippen LogP) is 5.89. The molecule has 0 spiro atoms. The van der Waals surface area contributed by atoms with Crippen LogP contribution in [0.25, 0.3) is 0 Å². The van der Waals surface area contributed by atoms with Gasteiger partial charge in [0.2, 0.25) is 5.91 Å². The quantitative estimate of drug-likeness (QED) is 0.616. The van der Waals surface area contributed by atoms with E-state index in [0.29, 0.717) is 11.7 Å². The summed E-state index contributed by atoms with van der Waals surface area (Å²) in [7, 11) is 1.62. The number of methoxy groups -OCH3 is 1. The normalized spacial score (nSPS) is 21.6. The fourth-order valence-corrected chi connectivity index (χ4v) is 4.73. The van der Waals surface area contributed by atoms with Crippen LogP contribution in [0.2, 0.25) is 0 Å². The van der Waals surface area contributed by atoms with Crippen molar-refractivity contribution in [3.8, 4) is 5.75 Å². The SMILES string of the molecule is COc1cccc(NC(C(=O)N2CCCCCC2C2C=CC=CC2)c2ccc(F)cc2)c1. The Morgan fingerprint density at radius 2 is 1.97 bits per heavy atom. The summed E-state index contributed by atoms with van der Waals surface area (Å²) in [6.07, 6.45) is 13.8. The van der Waals surface area contributed by atoms with Crippen LogP contribution in [0.1, 0.15) is 43.7 Å². The first-order valence-electron chi connectivity index (χ1n) is 11.5. The van der Waals surface area contributed by atoms with Crippen LogP contribution in [0, 0.1) is 11.7 Å². The Bertz CT molecular complexity index is 970. The Balaban J connectivity index is 1.66. The van der Waals surface area contributed by atoms with E-state index in [9.17, 15) is 9.18 Å². The van der Waals surface area contributed by atoms with Crippen LogP contribution in [0.4, 0.5) is 10.1 Å². The third-order valence-corrected chi connectivity index (χ3v) is 6.42. The molecule has 0 bridgehead atoms. The number of benzene rings is 2. The number of halogens is 1. The highest BCUT2D eigenvalue weighted by Crippen LogP contribution is 2.32. The number of allylic oxidation sites excluding steroid dienone is 3. The van der Waals surface area contributed by atoms with Gasteiger partial charge in [0.1, 0.15) is 17.6 Å². The van der Waals surface area contributed by atoms with E-state index in [-0.39, 0.29) is 17.8 Å². The summed E-state index contributed by atoms with van der Waals surface area (Å²) in [5, 5.41) is 3.40. The first kappa shape index (κ1) is 22.1. The first-order valence-corrected chi connectivity index (χ1v) is 11.5. The zero-order valence-electron chi connectivity index (χ0n) is 18.5. The van der Waals surface area contributed by atoms with Gasteiger partial charge in [0.05, 0.1) is 7.11 Å². The van der Waals surface area contributed by atoms with E-state index in [1.165, 1.54) is 12.1 Å². The number of amides is 1. The van der Waals surface area contributed by atoms with E-state index in [0.717, 1.165) is 49.9 Å². The lowest BCUT2D eigenvalue weighted by atomic mass is 9.88. The number of ether oxygens (including phenoxy) is 1. The molecule has 3 atom stereocenters. The van der Waals surface area contributed by atoms with Crippen molar-refractivity contribution >= 4 is 11.6 Å². The largest absolute Gasteiger partial charge is 0.497 e. The van der Waals surface area contributed by atoms with Gasteiger partial charge in [-0.25, -0.2) is 4.39 Å². The van der Waals surface area contributed by atoms with Crippen molar-refractivity contribution in [1.29, 1.82) is 0 Å². The van der Waals surface area contributed by atoms with E-state index in [4.69, 9.17) is 4.74 Å². The molecule has 1 amide bonds. The minimum absolute atomic E-state index is 0.0364. The number of anilines is 1. The summed E-state index contributed by atoms with van der Waals surface area (Å²) in [4.78, 5) is 16.1. The maximum atomic E-state index is 14.0. The van der Waals surface area contributed by atoms with E-state index in [1.807, 2.05) is 24.3 Å². The third kappa shape index (κ3) is 5.21. The molecule has 0 radical (unpaired) electrons. The summed E-state index contributed by atoms with van der Waals surface area (Å²) in [5.74, 6) is 0.766. The minimum Gasteiger partial charge on any atom is -0.497 e. The molecule has 3 unspecified atom stereocenters. The van der Waals surface area contributed by atoms with Crippen LogP contribution < -0.4 is 10.1 Å². The number of nitrogens with zero attached hydrogens (tertiary/aromatic N) is 1. The molecular formula is C27H31FN2O2. The third-order valence-electron chi connectivity index (χ3n) is 6.42. The van der Waals surface area contributed by atoms with E-state index in [1.54, 1.807) is 19.2 Å². The predicted molar refractivity (Wildman–Crippen MR) is 126 cm³/mol. The monoisotopic (exact) mass is 434 g/mol. The van der Waals surface area contributed by atoms with Gasteiger partial charge in [0.25, 0.3) is 0 Å². The van der Waals surface area contributed by atoms with Gasteiger partial charge in [-0.1, -0.05) is 55.3 Å². The van der Waals surface area contributed by atoms with Gasteiger partial charge in [-0.05, 0) is 49.1 Å². The molecule has 0 saturated carbocycles. The molecule has 2 aromatic rings. The van der Waals surface area contributed by atoms with Crippen molar-refractivity contribution in [2.24, 2.45) is 5.92 Å². The van der Waals surface area contributed by atoms with Crippen molar-refractivity contribution in [1.82, 2.24) is 4.90 Å². The van der Waals surface area contributed by atoms with Crippen LogP contribution in [0.5, 0.6) is 5.75 Å². The smallest absolute Gasteiger partial charge is 0.249 e. The zero-order valence-corrected chi connectivity index (χ0v) is 18.5. The highest BCUT2D eigenvalue weighted by Gasteiger charge is 2.35. The van der Waals surface area contributed by atoms with Gasteiger partial charge in [-0.15, -0.1) is 0 Å². The molecule has 1 saturated heterocycles. The summed E-state index contributed by atoms with van der Waals surface area (Å²) >= 11 is 0. The number of rotatable bonds is 6. The number of likely N-dealkylation sites (tertiary alicyclic amines) is 1. The second-order valence-corrected chi connectivity index (χ2v) is 8.52. The lowest BCUT2D eigenvalue weighted by molar-refractivity contribution is -0.135. The van der Waals surface area contributed by atoms with Crippen molar-refractivity contribution < 1.29 is 13.9 Å². The van der Waals surface area contributed by atoms with Gasteiger partial charge in [-0.2, -0.15) is 0 Å². The molecule has 32 heavy (non-hydrogen) atoms. The summed E-state index contributed by atoms with van der Waals surface area (Å²) in [6, 6.07) is 13.3. The van der Waals surface area contributed by atoms with Crippen molar-refractivity contribution in [2.45, 2.75) is 44.2 Å². The molecule has 1 heterocycles. The molecule has 5 heteroatoms. The first-order chi connectivity index (χ1) is 15.7. The summed E-state index contributed by atoms with van der Waals surface area (Å²) in [5.41, 5.74) is 1.54. The molecule has 2 aliphatic rings. The average Bonchev–Trinajstić information content (AvgIpc) is 3.10. The van der Waals surface area contributed by atoms with Gasteiger partial charge < -0.3 is 15.0 Å². The van der Waals surface area contributed by atoms with Crippen LogP contribution in [0.15, 0.2) is 72.8 Å². The maximum Gasteiger partial charge on any atom is 0.249 e. The molecule has 1 aliphatic heterocycles. The Hall–Kier alpha value is -3.08. The number of nitrogens with one attached hydrogen (secondary N) is 1. The van der Waals surface area contributed by atoms with E-state index < -0.39 is 6.04 Å². The lowest BCUT2D eigenvalue weighted by Gasteiger charge is -2.37. The molecule has 1 aliphatic carbocycles. The highest BCUT2D eigenvalue weighted by atomic mass is 19.1. The van der Waals surface area contributed by atoms with Gasteiger partial charge >= 0.3 is 0 Å². The molecule has 2 aromatic carbocycles. The van der Waals surface area contributed by atoms with Crippen molar-refractivity contribution in [2.75, 3.05) is 19.0 Å². The van der Waals surface area contributed by atoms with Gasteiger partial charge in [0, 0.05) is 30.3 Å². The fourth-order valence-electron chi connectivity index (χ4n) is 4.73. The van der Waals surface area contributed by atoms with Gasteiger partial charge in [0.15, 0.2) is 0 Å². The Morgan fingerprint density at radius 3 is 2.72 bits per heavy atom. The number of hydrogen-bond donors (Lipinski definition) is 1. The molecule has 168 valence electrons. The van der Waals surface area contributed by atoms with Crippen LogP contribution in [0.3, 0.4) is 0 Å². The molecular weight excluding hydrogens is 403 g/mol. The zero-order chi connectivity index (χ0) is 22.3. The van der Waals surface area contributed by atoms with Gasteiger partial charge in [-0.3, -0.25) is 4.79 Å². The molecule has 4 rings (SSSR count). The molecule has 0 aromatic heterocycles. The highest BCUT2D eigenvalue weighted by molar-refractivity contribution is 5.86. The molecule has 4 nitrogen and oxygen atoms in total. The Kier molecular flexibility index (Phi) is 7.25. The average molecular weight is 435 g/mol. The van der Waals surface area contributed by atoms with Crippen molar-refractivity contribution in [3.63, 3.8) is 0 Å². The standard InChI is InChI=1S/C27H31FN2O2/c1-32-24-12-8-11-23(19-24)29-26(21-14-16-22(28)17-15-21)27(31)30-18-7-3-6-13-25(30)20-9-4-2-5-10-20/h2,4-5,8-9,11-12,14-17,19-20,25-26,29H,3,6-7,10,13,18H2,1H3. The van der Waals surface area contributed by atoms with E-state index >= 15 is 0 Å². The summed E-state index contributed by atoms with van der Waals surface area (Å²) in [6.45, 7) is 0.745. The molecule has 1 fully saturated rings. The number of hydrogen-bond acceptors (Lipinski definition) is 3. The van der Waals surface area contributed by atoms with Crippen LogP contribution in [-0.4, -0.2) is 30.5 Å². The topological polar surface area (TPSA) is 41.6 Å². The number of carbonyl (C=O) groups excluding carboxylic acids is 1. The summed E-state index contributed by atoms with van der Waals surface area (Å²) < 4.78 is 19.0. The van der Waals surface area contributed by atoms with Crippen LogP contribution >= 0.6 is 0 Å². The Labute approximate surface area is 189 Å². The van der Waals surface area contributed by atoms with Crippen LogP contribution in [-0.2, 0) is 4.79 Å². The second kappa shape index (κ2) is 10.5. The van der Waals surface area contributed by atoms with E-state index in [2.05, 4.69) is 34.5 Å². The second-order valence-electron chi connectivity index (χ2n) is 8.52. The minimum atomic E-state index is -0.605.